The molecular formula is C19H25N3OS. The number of amides is 1. The van der Waals surface area contributed by atoms with E-state index < -0.39 is 0 Å². The molecule has 5 heteroatoms. The molecule has 0 aliphatic carbocycles. The molecule has 0 aliphatic heterocycles. The smallest absolute Gasteiger partial charge is 0.230 e. The molecule has 0 saturated carbocycles. The lowest BCUT2D eigenvalue weighted by Crippen LogP contribution is -2.30. The SMILES string of the molecule is CCCC(C)(C)C(=O)Nc1ccc(Sc2nc(C)cc(C)n2)cc1. The normalized spacial score (nSPS) is 11.4. The van der Waals surface area contributed by atoms with Gasteiger partial charge in [0.15, 0.2) is 5.16 Å². The van der Waals surface area contributed by atoms with Crippen molar-refractivity contribution in [3.05, 3.63) is 41.7 Å². The maximum atomic E-state index is 12.3. The summed E-state index contributed by atoms with van der Waals surface area (Å²) in [5, 5.41) is 3.74. The van der Waals surface area contributed by atoms with Gasteiger partial charge in [-0.2, -0.15) is 0 Å². The van der Waals surface area contributed by atoms with Gasteiger partial charge in [0.25, 0.3) is 0 Å². The summed E-state index contributed by atoms with van der Waals surface area (Å²) < 4.78 is 0. The van der Waals surface area contributed by atoms with E-state index in [0.717, 1.165) is 40.0 Å². The molecule has 0 radical (unpaired) electrons. The van der Waals surface area contributed by atoms with Crippen molar-refractivity contribution in [2.75, 3.05) is 5.32 Å². The van der Waals surface area contributed by atoms with Gasteiger partial charge in [-0.1, -0.05) is 27.2 Å². The maximum Gasteiger partial charge on any atom is 0.230 e. The van der Waals surface area contributed by atoms with Crippen molar-refractivity contribution >= 4 is 23.4 Å². The van der Waals surface area contributed by atoms with Gasteiger partial charge in [0.05, 0.1) is 0 Å². The lowest BCUT2D eigenvalue weighted by atomic mass is 9.87. The molecule has 1 aromatic carbocycles. The summed E-state index contributed by atoms with van der Waals surface area (Å²) in [6.07, 6.45) is 1.86. The molecular weight excluding hydrogens is 318 g/mol. The highest BCUT2D eigenvalue weighted by molar-refractivity contribution is 7.99. The molecule has 0 fully saturated rings. The van der Waals surface area contributed by atoms with Gasteiger partial charge in [-0.15, -0.1) is 0 Å². The molecule has 0 unspecified atom stereocenters. The number of hydrogen-bond donors (Lipinski definition) is 1. The van der Waals surface area contributed by atoms with Crippen LogP contribution < -0.4 is 5.32 Å². The van der Waals surface area contributed by atoms with Crippen molar-refractivity contribution in [2.45, 2.75) is 57.5 Å². The van der Waals surface area contributed by atoms with Crippen molar-refractivity contribution in [2.24, 2.45) is 5.41 Å². The molecule has 1 heterocycles. The predicted octanol–water partition coefficient (Wildman–Crippen LogP) is 5.01. The minimum Gasteiger partial charge on any atom is -0.326 e. The van der Waals surface area contributed by atoms with Crippen LogP contribution in [-0.2, 0) is 4.79 Å². The highest BCUT2D eigenvalue weighted by atomic mass is 32.2. The largest absolute Gasteiger partial charge is 0.326 e. The second-order valence-corrected chi connectivity index (χ2v) is 7.69. The molecule has 0 spiro atoms. The molecule has 1 N–H and O–H groups in total. The molecule has 2 rings (SSSR count). The van der Waals surface area contributed by atoms with E-state index in [9.17, 15) is 4.79 Å². The number of aryl methyl sites for hydroxylation is 2. The molecule has 0 atom stereocenters. The van der Waals surface area contributed by atoms with Gasteiger partial charge in [0.2, 0.25) is 5.91 Å². The molecule has 0 aliphatic rings. The maximum absolute atomic E-state index is 12.3. The average molecular weight is 343 g/mol. The molecule has 0 saturated heterocycles. The van der Waals surface area contributed by atoms with Gasteiger partial charge in [-0.05, 0) is 62.4 Å². The Bertz CT molecular complexity index is 691. The van der Waals surface area contributed by atoms with Crippen molar-refractivity contribution < 1.29 is 4.79 Å². The minimum atomic E-state index is -0.352. The predicted molar refractivity (Wildman–Crippen MR) is 99.4 cm³/mol. The number of benzene rings is 1. The fraction of sp³-hybridized carbons (Fsp3) is 0.421. The second kappa shape index (κ2) is 7.79. The van der Waals surface area contributed by atoms with Crippen molar-refractivity contribution in [3.63, 3.8) is 0 Å². The van der Waals surface area contributed by atoms with Crippen LogP contribution in [0.4, 0.5) is 5.69 Å². The first kappa shape index (κ1) is 18.5. The van der Waals surface area contributed by atoms with Gasteiger partial charge in [-0.3, -0.25) is 4.79 Å². The highest BCUT2D eigenvalue weighted by Gasteiger charge is 2.26. The Morgan fingerprint density at radius 3 is 2.25 bits per heavy atom. The van der Waals surface area contributed by atoms with Gasteiger partial charge >= 0.3 is 0 Å². The van der Waals surface area contributed by atoms with Gasteiger partial charge in [0.1, 0.15) is 0 Å². The molecule has 2 aromatic rings. The lowest BCUT2D eigenvalue weighted by Gasteiger charge is -2.22. The molecule has 128 valence electrons. The van der Waals surface area contributed by atoms with Crippen molar-refractivity contribution in [3.8, 4) is 0 Å². The highest BCUT2D eigenvalue weighted by Crippen LogP contribution is 2.28. The number of carbonyl (C=O) groups is 1. The summed E-state index contributed by atoms with van der Waals surface area (Å²) in [6.45, 7) is 9.99. The number of anilines is 1. The quantitative estimate of drug-likeness (QED) is 0.749. The van der Waals surface area contributed by atoms with Crippen LogP contribution in [0.2, 0.25) is 0 Å². The van der Waals surface area contributed by atoms with Crippen molar-refractivity contribution in [1.82, 2.24) is 9.97 Å². The Labute approximate surface area is 148 Å². The molecule has 24 heavy (non-hydrogen) atoms. The van der Waals surface area contributed by atoms with Crippen LogP contribution >= 0.6 is 11.8 Å². The zero-order valence-electron chi connectivity index (χ0n) is 15.0. The fourth-order valence-electron chi connectivity index (χ4n) is 2.49. The van der Waals surface area contributed by atoms with E-state index in [-0.39, 0.29) is 11.3 Å². The van der Waals surface area contributed by atoms with E-state index in [1.54, 1.807) is 0 Å². The van der Waals surface area contributed by atoms with Crippen LogP contribution in [0.25, 0.3) is 0 Å². The summed E-state index contributed by atoms with van der Waals surface area (Å²) in [7, 11) is 0. The first-order valence-corrected chi connectivity index (χ1v) is 9.03. The fourth-order valence-corrected chi connectivity index (χ4v) is 3.35. The van der Waals surface area contributed by atoms with Crippen LogP contribution in [0.5, 0.6) is 0 Å². The average Bonchev–Trinajstić information content (AvgIpc) is 2.48. The van der Waals surface area contributed by atoms with Crippen molar-refractivity contribution in [1.29, 1.82) is 0 Å². The van der Waals surface area contributed by atoms with E-state index in [0.29, 0.717) is 0 Å². The lowest BCUT2D eigenvalue weighted by molar-refractivity contribution is -0.124. The van der Waals surface area contributed by atoms with Gasteiger partial charge in [-0.25, -0.2) is 9.97 Å². The Balaban J connectivity index is 2.04. The first-order valence-electron chi connectivity index (χ1n) is 8.22. The third-order valence-electron chi connectivity index (χ3n) is 3.77. The molecule has 1 amide bonds. The van der Waals surface area contributed by atoms with Crippen LogP contribution in [0.3, 0.4) is 0 Å². The third kappa shape index (κ3) is 5.06. The minimum absolute atomic E-state index is 0.0578. The Morgan fingerprint density at radius 2 is 1.71 bits per heavy atom. The Hall–Kier alpha value is -1.88. The number of nitrogens with zero attached hydrogens (tertiary/aromatic N) is 2. The van der Waals surface area contributed by atoms with Crippen LogP contribution in [0.1, 0.15) is 45.0 Å². The van der Waals surface area contributed by atoms with E-state index in [2.05, 4.69) is 22.2 Å². The zero-order valence-corrected chi connectivity index (χ0v) is 15.8. The summed E-state index contributed by atoms with van der Waals surface area (Å²) in [4.78, 5) is 22.3. The van der Waals surface area contributed by atoms with E-state index in [1.165, 1.54) is 11.8 Å². The Morgan fingerprint density at radius 1 is 1.12 bits per heavy atom. The standard InChI is InChI=1S/C19H25N3OS/c1-6-11-19(4,5)17(23)22-15-7-9-16(10-8-15)24-18-20-13(2)12-14(3)21-18/h7-10,12H,6,11H2,1-5H3,(H,22,23). The summed E-state index contributed by atoms with van der Waals surface area (Å²) in [5.41, 5.74) is 2.39. The summed E-state index contributed by atoms with van der Waals surface area (Å²) in [5.74, 6) is 0.0578. The van der Waals surface area contributed by atoms with Gasteiger partial charge in [0, 0.05) is 27.4 Å². The van der Waals surface area contributed by atoms with E-state index >= 15 is 0 Å². The first-order chi connectivity index (χ1) is 11.3. The summed E-state index contributed by atoms with van der Waals surface area (Å²) >= 11 is 1.52. The number of hydrogen-bond acceptors (Lipinski definition) is 4. The van der Waals surface area contributed by atoms with Crippen LogP contribution in [0, 0.1) is 19.3 Å². The molecule has 0 bridgehead atoms. The Kier molecular flexibility index (Phi) is 5.99. The monoisotopic (exact) mass is 343 g/mol. The number of nitrogens with one attached hydrogen (secondary N) is 1. The number of carbonyl (C=O) groups excluding carboxylic acids is 1. The van der Waals surface area contributed by atoms with Crippen LogP contribution in [-0.4, -0.2) is 15.9 Å². The number of aromatic nitrogens is 2. The molecule has 1 aromatic heterocycles. The molecule has 4 nitrogen and oxygen atoms in total. The topological polar surface area (TPSA) is 54.9 Å². The van der Waals surface area contributed by atoms with Crippen LogP contribution in [0.15, 0.2) is 40.4 Å². The van der Waals surface area contributed by atoms with E-state index in [4.69, 9.17) is 0 Å². The summed E-state index contributed by atoms with van der Waals surface area (Å²) in [6, 6.07) is 9.76. The zero-order chi connectivity index (χ0) is 17.7. The van der Waals surface area contributed by atoms with Gasteiger partial charge < -0.3 is 5.32 Å². The third-order valence-corrected chi connectivity index (χ3v) is 4.65. The number of rotatable bonds is 6. The second-order valence-electron chi connectivity index (χ2n) is 6.65. The van der Waals surface area contributed by atoms with E-state index in [1.807, 2.05) is 58.0 Å².